The summed E-state index contributed by atoms with van der Waals surface area (Å²) in [6.07, 6.45) is 0. The third-order valence-corrected chi connectivity index (χ3v) is 4.46. The molecule has 1 aromatic rings. The number of ether oxygens (including phenoxy) is 1. The molecule has 6 heteroatoms. The highest BCUT2D eigenvalue weighted by atomic mass is 32.2. The molecule has 0 spiro atoms. The van der Waals surface area contributed by atoms with Crippen molar-refractivity contribution < 1.29 is 18.8 Å². The molecule has 1 saturated heterocycles. The maximum absolute atomic E-state index is 12.2. The van der Waals surface area contributed by atoms with E-state index in [1.54, 1.807) is 18.2 Å². The standard InChI is InChI=1S/C13H17NO4S/c15-13(16)11-3-1-2-4-12(11)19(17)10-7-14-5-8-18-9-6-14/h1-4H,5-10H2,(H,15,16)/t19-/m1/s1. The van der Waals surface area contributed by atoms with Crippen LogP contribution in [0.1, 0.15) is 10.4 Å². The highest BCUT2D eigenvalue weighted by Gasteiger charge is 2.16. The Morgan fingerprint density at radius 2 is 2.00 bits per heavy atom. The van der Waals surface area contributed by atoms with E-state index < -0.39 is 16.8 Å². The van der Waals surface area contributed by atoms with Crippen LogP contribution in [0, 0.1) is 0 Å². The molecule has 0 amide bonds. The van der Waals surface area contributed by atoms with E-state index in [-0.39, 0.29) is 5.56 Å². The molecule has 1 aromatic carbocycles. The van der Waals surface area contributed by atoms with Gasteiger partial charge >= 0.3 is 5.97 Å². The van der Waals surface area contributed by atoms with Crippen molar-refractivity contribution in [1.82, 2.24) is 4.90 Å². The molecule has 1 aliphatic rings. The highest BCUT2D eigenvalue weighted by Crippen LogP contribution is 2.14. The maximum Gasteiger partial charge on any atom is 0.336 e. The lowest BCUT2D eigenvalue weighted by Crippen LogP contribution is -2.38. The number of nitrogens with zero attached hydrogens (tertiary/aromatic N) is 1. The molecule has 1 N–H and O–H groups in total. The summed E-state index contributed by atoms with van der Waals surface area (Å²) < 4.78 is 17.4. The molecule has 104 valence electrons. The van der Waals surface area contributed by atoms with Gasteiger partial charge in [-0.3, -0.25) is 9.11 Å². The minimum absolute atomic E-state index is 0.128. The van der Waals surface area contributed by atoms with E-state index >= 15 is 0 Å². The van der Waals surface area contributed by atoms with E-state index in [0.717, 1.165) is 13.1 Å². The topological polar surface area (TPSA) is 66.8 Å². The summed E-state index contributed by atoms with van der Waals surface area (Å²) in [5, 5.41) is 9.07. The zero-order valence-corrected chi connectivity index (χ0v) is 11.4. The van der Waals surface area contributed by atoms with Crippen LogP contribution >= 0.6 is 0 Å². The fraction of sp³-hybridized carbons (Fsp3) is 0.462. The zero-order valence-electron chi connectivity index (χ0n) is 10.6. The Bertz CT molecular complexity index is 471. The van der Waals surface area contributed by atoms with E-state index in [1.165, 1.54) is 6.07 Å². The predicted molar refractivity (Wildman–Crippen MR) is 71.9 cm³/mol. The third kappa shape index (κ3) is 3.86. The van der Waals surface area contributed by atoms with Crippen LogP contribution in [0.5, 0.6) is 0 Å². The second kappa shape index (κ2) is 6.79. The number of hydrogen-bond donors (Lipinski definition) is 1. The van der Waals surface area contributed by atoms with Crippen LogP contribution in [0.25, 0.3) is 0 Å². The molecule has 0 saturated carbocycles. The molecule has 0 radical (unpaired) electrons. The summed E-state index contributed by atoms with van der Waals surface area (Å²) >= 11 is 0. The highest BCUT2D eigenvalue weighted by molar-refractivity contribution is 7.85. The number of carbonyl (C=O) groups is 1. The van der Waals surface area contributed by atoms with E-state index in [9.17, 15) is 9.00 Å². The van der Waals surface area contributed by atoms with Gasteiger partial charge in [-0.05, 0) is 12.1 Å². The SMILES string of the molecule is O=C(O)c1ccccc1[S@](=O)CCN1CCOCC1. The first-order valence-corrected chi connectivity index (χ1v) is 7.51. The smallest absolute Gasteiger partial charge is 0.336 e. The molecule has 1 fully saturated rings. The first-order chi connectivity index (χ1) is 9.18. The average molecular weight is 283 g/mol. The molecule has 1 aliphatic heterocycles. The number of morpholine rings is 1. The molecule has 0 unspecified atom stereocenters. The first-order valence-electron chi connectivity index (χ1n) is 6.19. The minimum Gasteiger partial charge on any atom is -0.478 e. The van der Waals surface area contributed by atoms with Crippen molar-refractivity contribution in [2.75, 3.05) is 38.6 Å². The van der Waals surface area contributed by atoms with Crippen LogP contribution in [-0.4, -0.2) is 58.8 Å². The van der Waals surface area contributed by atoms with Gasteiger partial charge < -0.3 is 9.84 Å². The van der Waals surface area contributed by atoms with Gasteiger partial charge in [-0.2, -0.15) is 0 Å². The van der Waals surface area contributed by atoms with Crippen molar-refractivity contribution in [3.05, 3.63) is 29.8 Å². The molecule has 0 aromatic heterocycles. The Hall–Kier alpha value is -1.24. The van der Waals surface area contributed by atoms with Crippen molar-refractivity contribution >= 4 is 16.8 Å². The second-order valence-corrected chi connectivity index (χ2v) is 5.84. The first kappa shape index (κ1) is 14.2. The summed E-state index contributed by atoms with van der Waals surface area (Å²) in [5.74, 6) is -0.583. The fourth-order valence-corrected chi connectivity index (χ4v) is 3.26. The van der Waals surface area contributed by atoms with Crippen LogP contribution in [0.4, 0.5) is 0 Å². The molecule has 1 heterocycles. The van der Waals surface area contributed by atoms with Crippen molar-refractivity contribution in [2.24, 2.45) is 0 Å². The van der Waals surface area contributed by atoms with Gasteiger partial charge in [0.15, 0.2) is 0 Å². The van der Waals surface area contributed by atoms with E-state index in [0.29, 0.717) is 30.4 Å². The average Bonchev–Trinajstić information content (AvgIpc) is 2.46. The molecular formula is C13H17NO4S. The van der Waals surface area contributed by atoms with E-state index in [2.05, 4.69) is 4.90 Å². The fourth-order valence-electron chi connectivity index (χ4n) is 1.99. The number of aromatic carboxylic acids is 1. The summed E-state index contributed by atoms with van der Waals surface area (Å²) in [5.41, 5.74) is 0.128. The summed E-state index contributed by atoms with van der Waals surface area (Å²) in [7, 11) is -1.28. The Morgan fingerprint density at radius 1 is 1.32 bits per heavy atom. The van der Waals surface area contributed by atoms with E-state index in [1.807, 2.05) is 0 Å². The largest absolute Gasteiger partial charge is 0.478 e. The van der Waals surface area contributed by atoms with Gasteiger partial charge in [-0.15, -0.1) is 0 Å². The van der Waals surface area contributed by atoms with Crippen LogP contribution in [0.15, 0.2) is 29.2 Å². The van der Waals surface area contributed by atoms with Crippen LogP contribution < -0.4 is 0 Å². The predicted octanol–water partition coefficient (Wildman–Crippen LogP) is 0.825. The molecule has 1 atom stereocenters. The maximum atomic E-state index is 12.2. The molecule has 2 rings (SSSR count). The van der Waals surface area contributed by atoms with Gasteiger partial charge in [0.2, 0.25) is 0 Å². The second-order valence-electron chi connectivity index (χ2n) is 4.30. The lowest BCUT2D eigenvalue weighted by Gasteiger charge is -2.26. The monoisotopic (exact) mass is 283 g/mol. The van der Waals surface area contributed by atoms with Gasteiger partial charge in [-0.1, -0.05) is 12.1 Å². The van der Waals surface area contributed by atoms with Crippen molar-refractivity contribution in [1.29, 1.82) is 0 Å². The Kier molecular flexibility index (Phi) is 5.07. The summed E-state index contributed by atoms with van der Waals surface area (Å²) in [6, 6.07) is 6.48. The lowest BCUT2D eigenvalue weighted by atomic mass is 10.2. The number of hydrogen-bond acceptors (Lipinski definition) is 4. The number of carboxylic acids is 1. The van der Waals surface area contributed by atoms with Crippen molar-refractivity contribution in [2.45, 2.75) is 4.90 Å². The quantitative estimate of drug-likeness (QED) is 0.867. The van der Waals surface area contributed by atoms with Gasteiger partial charge in [0.25, 0.3) is 0 Å². The molecule has 0 aliphatic carbocycles. The van der Waals surface area contributed by atoms with E-state index in [4.69, 9.17) is 9.84 Å². The number of rotatable bonds is 5. The summed E-state index contributed by atoms with van der Waals surface area (Å²) in [4.78, 5) is 13.7. The lowest BCUT2D eigenvalue weighted by molar-refractivity contribution is 0.0409. The molecule has 19 heavy (non-hydrogen) atoms. The summed E-state index contributed by atoms with van der Waals surface area (Å²) in [6.45, 7) is 3.80. The van der Waals surface area contributed by atoms with Gasteiger partial charge in [0.1, 0.15) is 0 Å². The van der Waals surface area contributed by atoms with Gasteiger partial charge in [0, 0.05) is 25.4 Å². The van der Waals surface area contributed by atoms with Crippen molar-refractivity contribution in [3.63, 3.8) is 0 Å². The van der Waals surface area contributed by atoms with Gasteiger partial charge in [0.05, 0.1) is 34.5 Å². The molecule has 5 nitrogen and oxygen atoms in total. The zero-order chi connectivity index (χ0) is 13.7. The Morgan fingerprint density at radius 3 is 2.68 bits per heavy atom. The number of benzene rings is 1. The van der Waals surface area contributed by atoms with Gasteiger partial charge in [-0.25, -0.2) is 4.79 Å². The van der Waals surface area contributed by atoms with Crippen LogP contribution in [0.2, 0.25) is 0 Å². The third-order valence-electron chi connectivity index (χ3n) is 3.06. The number of carboxylic acid groups (broad SMARTS) is 1. The normalized spacial score (nSPS) is 18.1. The van der Waals surface area contributed by atoms with Crippen LogP contribution in [0.3, 0.4) is 0 Å². The minimum atomic E-state index is -1.28. The Labute approximate surface area is 114 Å². The molecular weight excluding hydrogens is 266 g/mol. The van der Waals surface area contributed by atoms with Crippen LogP contribution in [-0.2, 0) is 15.5 Å². The molecule has 0 bridgehead atoms. The Balaban J connectivity index is 1.97. The van der Waals surface area contributed by atoms with Crippen molar-refractivity contribution in [3.8, 4) is 0 Å².